The third-order valence-corrected chi connectivity index (χ3v) is 5.02. The molecule has 3 nitrogen and oxygen atoms in total. The van der Waals surface area contributed by atoms with Crippen LogP contribution >= 0.6 is 0 Å². The van der Waals surface area contributed by atoms with Crippen molar-refractivity contribution in [1.82, 2.24) is 0 Å². The summed E-state index contributed by atoms with van der Waals surface area (Å²) < 4.78 is 27.0. The van der Waals surface area contributed by atoms with E-state index in [4.69, 9.17) is 4.18 Å². The van der Waals surface area contributed by atoms with Crippen LogP contribution in [-0.4, -0.2) is 15.0 Å². The Balaban J connectivity index is 1.78. The first-order valence-corrected chi connectivity index (χ1v) is 9.18. The van der Waals surface area contributed by atoms with Gasteiger partial charge in [0.25, 0.3) is 10.1 Å². The second-order valence-electron chi connectivity index (χ2n) is 5.66. The predicted molar refractivity (Wildman–Crippen MR) is 85.7 cm³/mol. The zero-order chi connectivity index (χ0) is 15.1. The molecule has 1 aliphatic carbocycles. The Morgan fingerprint density at radius 1 is 1.14 bits per heavy atom. The zero-order valence-electron chi connectivity index (χ0n) is 12.5. The highest BCUT2D eigenvalue weighted by atomic mass is 32.2. The molecular weight excluding hydrogens is 284 g/mol. The molecule has 1 aromatic carbocycles. The second kappa shape index (κ2) is 7.76. The molecule has 0 aliphatic heterocycles. The predicted octanol–water partition coefficient (Wildman–Crippen LogP) is 4.16. The maximum Gasteiger partial charge on any atom is 0.289 e. The fourth-order valence-corrected chi connectivity index (χ4v) is 3.34. The molecular formula is C17H24O3S. The summed E-state index contributed by atoms with van der Waals surface area (Å²) in [7, 11) is -3.53. The number of rotatable bonds is 7. The van der Waals surface area contributed by atoms with Crippen LogP contribution in [0.4, 0.5) is 0 Å². The van der Waals surface area contributed by atoms with Crippen LogP contribution in [0.25, 0.3) is 0 Å². The maximum atomic E-state index is 11.1. The number of hydrogen-bond donors (Lipinski definition) is 0. The molecule has 0 atom stereocenters. The lowest BCUT2D eigenvalue weighted by Crippen LogP contribution is -2.05. The van der Waals surface area contributed by atoms with Gasteiger partial charge in [0.1, 0.15) is 0 Å². The minimum absolute atomic E-state index is 0.207. The van der Waals surface area contributed by atoms with E-state index in [1.807, 2.05) is 0 Å². The van der Waals surface area contributed by atoms with Gasteiger partial charge in [0.15, 0.2) is 0 Å². The summed E-state index contributed by atoms with van der Waals surface area (Å²) in [6.45, 7) is 3.42. The van der Waals surface area contributed by atoms with Gasteiger partial charge in [0.2, 0.25) is 0 Å². The third kappa shape index (κ3) is 5.29. The fraction of sp³-hybridized carbons (Fsp3) is 0.529. The van der Waals surface area contributed by atoms with Crippen molar-refractivity contribution in [3.05, 3.63) is 47.4 Å². The van der Waals surface area contributed by atoms with E-state index in [1.54, 1.807) is 0 Å². The summed E-state index contributed by atoms with van der Waals surface area (Å²) in [4.78, 5) is 0. The van der Waals surface area contributed by atoms with Gasteiger partial charge in [-0.3, -0.25) is 4.18 Å². The smallest absolute Gasteiger partial charge is 0.267 e. The largest absolute Gasteiger partial charge is 0.289 e. The molecule has 0 aromatic heterocycles. The fourth-order valence-electron chi connectivity index (χ4n) is 2.89. The molecule has 2 rings (SSSR count). The lowest BCUT2D eigenvalue weighted by Gasteiger charge is -2.22. The molecule has 0 spiro atoms. The minimum Gasteiger partial charge on any atom is -0.267 e. The van der Waals surface area contributed by atoms with Crippen LogP contribution in [0.3, 0.4) is 0 Å². The van der Waals surface area contributed by atoms with Gasteiger partial charge < -0.3 is 0 Å². The van der Waals surface area contributed by atoms with E-state index in [0.717, 1.165) is 17.7 Å². The quantitative estimate of drug-likeness (QED) is 0.561. The molecule has 0 bridgehead atoms. The Labute approximate surface area is 128 Å². The van der Waals surface area contributed by atoms with Crippen molar-refractivity contribution in [1.29, 1.82) is 0 Å². The van der Waals surface area contributed by atoms with Gasteiger partial charge in [-0.2, -0.15) is 8.42 Å². The second-order valence-corrected chi connectivity index (χ2v) is 7.22. The van der Waals surface area contributed by atoms with E-state index in [9.17, 15) is 8.42 Å². The first kappa shape index (κ1) is 16.2. The van der Waals surface area contributed by atoms with Gasteiger partial charge in [-0.25, -0.2) is 0 Å². The molecule has 1 aromatic rings. The van der Waals surface area contributed by atoms with Gasteiger partial charge >= 0.3 is 0 Å². The van der Waals surface area contributed by atoms with Crippen molar-refractivity contribution in [2.24, 2.45) is 0 Å². The van der Waals surface area contributed by atoms with Gasteiger partial charge in [-0.1, -0.05) is 50.1 Å². The highest BCUT2D eigenvalue weighted by Crippen LogP contribution is 2.32. The Morgan fingerprint density at radius 2 is 1.81 bits per heavy atom. The van der Waals surface area contributed by atoms with Crippen molar-refractivity contribution < 1.29 is 12.6 Å². The molecule has 0 saturated heterocycles. The normalized spacial score (nSPS) is 16.8. The first-order valence-electron chi connectivity index (χ1n) is 7.71. The molecule has 1 fully saturated rings. The number of aryl methyl sites for hydroxylation is 1. The SMILES string of the molecule is C=CS(=O)(=O)OCCCc1ccc(C2CCCCC2)cc1. The van der Waals surface area contributed by atoms with Crippen LogP contribution in [0.5, 0.6) is 0 Å². The average molecular weight is 308 g/mol. The molecule has 116 valence electrons. The Morgan fingerprint density at radius 3 is 2.43 bits per heavy atom. The Kier molecular flexibility index (Phi) is 6.00. The molecule has 0 radical (unpaired) electrons. The van der Waals surface area contributed by atoms with Crippen LogP contribution in [-0.2, 0) is 20.7 Å². The monoisotopic (exact) mass is 308 g/mol. The van der Waals surface area contributed by atoms with Gasteiger partial charge in [-0.15, -0.1) is 0 Å². The summed E-state index contributed by atoms with van der Waals surface area (Å²) in [6.07, 6.45) is 8.22. The molecule has 1 saturated carbocycles. The van der Waals surface area contributed by atoms with E-state index in [1.165, 1.54) is 43.2 Å². The van der Waals surface area contributed by atoms with E-state index < -0.39 is 10.1 Å². The average Bonchev–Trinajstić information content (AvgIpc) is 2.53. The standard InChI is InChI=1S/C17H24O3S/c1-2-21(18,19)20-14-6-7-15-10-12-17(13-11-15)16-8-4-3-5-9-16/h2,10-13,16H,1,3-9,14H2. The van der Waals surface area contributed by atoms with Crippen molar-refractivity contribution in [3.8, 4) is 0 Å². The highest BCUT2D eigenvalue weighted by Gasteiger charge is 2.15. The summed E-state index contributed by atoms with van der Waals surface area (Å²) in [5, 5.41) is 0.839. The van der Waals surface area contributed by atoms with Crippen molar-refractivity contribution >= 4 is 10.1 Å². The van der Waals surface area contributed by atoms with Crippen LogP contribution in [0.2, 0.25) is 0 Å². The summed E-state index contributed by atoms with van der Waals surface area (Å²) >= 11 is 0. The minimum atomic E-state index is -3.53. The van der Waals surface area contributed by atoms with Crippen molar-refractivity contribution in [2.75, 3.05) is 6.61 Å². The van der Waals surface area contributed by atoms with Crippen LogP contribution in [0.1, 0.15) is 55.6 Å². The molecule has 0 N–H and O–H groups in total. The summed E-state index contributed by atoms with van der Waals surface area (Å²) in [5.41, 5.74) is 2.68. The zero-order valence-corrected chi connectivity index (χ0v) is 13.3. The van der Waals surface area contributed by atoms with Crippen LogP contribution < -0.4 is 0 Å². The van der Waals surface area contributed by atoms with Crippen LogP contribution in [0.15, 0.2) is 36.3 Å². The highest BCUT2D eigenvalue weighted by molar-refractivity contribution is 7.89. The molecule has 4 heteroatoms. The Bertz CT molecular complexity index is 540. The summed E-state index contributed by atoms with van der Waals surface area (Å²) in [5.74, 6) is 0.730. The maximum absolute atomic E-state index is 11.1. The molecule has 1 aliphatic rings. The third-order valence-electron chi connectivity index (χ3n) is 4.12. The van der Waals surface area contributed by atoms with E-state index in [2.05, 4.69) is 30.8 Å². The first-order chi connectivity index (χ1) is 10.1. The van der Waals surface area contributed by atoms with Crippen molar-refractivity contribution in [3.63, 3.8) is 0 Å². The van der Waals surface area contributed by atoms with Crippen LogP contribution in [0, 0.1) is 0 Å². The lowest BCUT2D eigenvalue weighted by molar-refractivity contribution is 0.318. The molecule has 0 unspecified atom stereocenters. The number of benzene rings is 1. The number of hydrogen-bond acceptors (Lipinski definition) is 3. The lowest BCUT2D eigenvalue weighted by atomic mass is 9.84. The molecule has 0 heterocycles. The topological polar surface area (TPSA) is 43.4 Å². The Hall–Kier alpha value is -1.13. The van der Waals surface area contributed by atoms with E-state index in [0.29, 0.717) is 6.42 Å². The van der Waals surface area contributed by atoms with Crippen molar-refractivity contribution in [2.45, 2.75) is 50.9 Å². The molecule has 21 heavy (non-hydrogen) atoms. The molecule has 0 amide bonds. The van der Waals surface area contributed by atoms with Gasteiger partial charge in [0.05, 0.1) is 12.0 Å². The summed E-state index contributed by atoms with van der Waals surface area (Å²) in [6, 6.07) is 8.78. The van der Waals surface area contributed by atoms with E-state index in [-0.39, 0.29) is 6.61 Å². The van der Waals surface area contributed by atoms with Gasteiger partial charge in [0, 0.05) is 0 Å². The van der Waals surface area contributed by atoms with Gasteiger partial charge in [-0.05, 0) is 42.7 Å². The van der Waals surface area contributed by atoms with E-state index >= 15 is 0 Å².